The number of hydrogen-bond donors (Lipinski definition) is 0. The Bertz CT molecular complexity index is 1350. The summed E-state index contributed by atoms with van der Waals surface area (Å²) >= 11 is 0. The van der Waals surface area contributed by atoms with Crippen molar-refractivity contribution in [2.24, 2.45) is 0 Å². The van der Waals surface area contributed by atoms with Gasteiger partial charge in [-0.3, -0.25) is 13.9 Å². The topological polar surface area (TPSA) is 121 Å². The monoisotopic (exact) mass is 632 g/mol. The van der Waals surface area contributed by atoms with Crippen molar-refractivity contribution in [1.82, 2.24) is 4.90 Å². The van der Waals surface area contributed by atoms with Crippen LogP contribution in [0.4, 0.5) is 23.7 Å². The van der Waals surface area contributed by atoms with Crippen LogP contribution in [-0.4, -0.2) is 82.5 Å². The minimum Gasteiger partial charge on any atom is -0.496 e. The van der Waals surface area contributed by atoms with E-state index in [1.807, 2.05) is 24.3 Å². The predicted octanol–water partition coefficient (Wildman–Crippen LogP) is 4.50. The summed E-state index contributed by atoms with van der Waals surface area (Å²) in [6.07, 6.45) is -0.297. The van der Waals surface area contributed by atoms with E-state index in [1.165, 1.54) is 12.1 Å². The van der Waals surface area contributed by atoms with Gasteiger partial charge < -0.3 is 23.8 Å². The lowest BCUT2D eigenvalue weighted by Crippen LogP contribution is -2.60. The number of carbonyl (C=O) groups is 2. The minimum atomic E-state index is -5.94. The van der Waals surface area contributed by atoms with Crippen LogP contribution in [0.5, 0.6) is 11.5 Å². The molecule has 0 N–H and O–H groups in total. The fourth-order valence-corrected chi connectivity index (χ4v) is 4.55. The fourth-order valence-electron chi connectivity index (χ4n) is 4.08. The predicted molar refractivity (Wildman–Crippen MR) is 149 cm³/mol. The molecule has 15 heteroatoms. The second-order valence-corrected chi connectivity index (χ2v) is 12.1. The maximum Gasteiger partial charge on any atom is 0.523 e. The highest BCUT2D eigenvalue weighted by Crippen LogP contribution is 2.29. The molecule has 1 aliphatic heterocycles. The number of piperazine rings is 1. The van der Waals surface area contributed by atoms with Crippen LogP contribution in [0, 0.1) is 0 Å². The summed E-state index contributed by atoms with van der Waals surface area (Å²) in [4.78, 5) is 27.8. The summed E-state index contributed by atoms with van der Waals surface area (Å²) in [5, 5.41) is 0. The van der Waals surface area contributed by atoms with Crippen molar-refractivity contribution in [3.8, 4) is 11.5 Å². The van der Waals surface area contributed by atoms with Crippen molar-refractivity contribution < 1.29 is 54.3 Å². The Kier molecular flexibility index (Phi) is 11.3. The molecule has 1 heterocycles. The third-order valence-electron chi connectivity index (χ3n) is 6.01. The van der Waals surface area contributed by atoms with Gasteiger partial charge in [0, 0.05) is 24.2 Å². The summed E-state index contributed by atoms with van der Waals surface area (Å²) in [6.45, 7) is 4.14. The molecule has 0 saturated carbocycles. The molecule has 0 aromatic heterocycles. The van der Waals surface area contributed by atoms with Crippen molar-refractivity contribution in [2.75, 3.05) is 44.9 Å². The van der Waals surface area contributed by atoms with E-state index in [2.05, 4.69) is 4.18 Å². The molecule has 1 fully saturated rings. The molecule has 2 aromatic carbocycles. The van der Waals surface area contributed by atoms with Gasteiger partial charge in [-0.15, -0.1) is 0 Å². The number of ether oxygens (including phenoxy) is 4. The second-order valence-electron chi connectivity index (χ2n) is 10.5. The van der Waals surface area contributed by atoms with Gasteiger partial charge in [0.1, 0.15) is 23.6 Å². The third kappa shape index (κ3) is 9.73. The van der Waals surface area contributed by atoms with E-state index in [9.17, 15) is 31.2 Å². The van der Waals surface area contributed by atoms with Crippen molar-refractivity contribution in [2.45, 2.75) is 51.0 Å². The summed E-state index contributed by atoms with van der Waals surface area (Å²) in [6, 6.07) is 12.4. The van der Waals surface area contributed by atoms with Crippen molar-refractivity contribution in [1.29, 1.82) is 0 Å². The van der Waals surface area contributed by atoms with Gasteiger partial charge in [0.15, 0.2) is 0 Å². The van der Waals surface area contributed by atoms with E-state index < -0.39 is 52.4 Å². The molecule has 2 aromatic rings. The van der Waals surface area contributed by atoms with Crippen LogP contribution in [0.2, 0.25) is 0 Å². The number of amides is 2. The van der Waals surface area contributed by atoms with Crippen molar-refractivity contribution >= 4 is 27.8 Å². The first-order valence-electron chi connectivity index (χ1n) is 13.3. The zero-order valence-corrected chi connectivity index (χ0v) is 25.1. The molecule has 0 unspecified atom stereocenters. The lowest BCUT2D eigenvalue weighted by Gasteiger charge is -2.41. The van der Waals surface area contributed by atoms with Gasteiger partial charge in [0.25, 0.3) is 0 Å². The molecule has 0 radical (unpaired) electrons. The smallest absolute Gasteiger partial charge is 0.496 e. The average Bonchev–Trinajstić information content (AvgIpc) is 2.92. The first-order valence-corrected chi connectivity index (χ1v) is 14.7. The second kappa shape index (κ2) is 14.3. The average molecular weight is 633 g/mol. The normalized spacial score (nSPS) is 16.3. The maximum atomic E-state index is 13.1. The molecule has 1 saturated heterocycles. The van der Waals surface area contributed by atoms with Gasteiger partial charge in [-0.25, -0.2) is 4.79 Å². The highest BCUT2D eigenvalue weighted by molar-refractivity contribution is 7.87. The minimum absolute atomic E-state index is 0.249. The van der Waals surface area contributed by atoms with E-state index >= 15 is 0 Å². The Labute approximate surface area is 248 Å². The summed E-state index contributed by atoms with van der Waals surface area (Å²) in [7, 11) is -4.35. The molecule has 0 aliphatic carbocycles. The van der Waals surface area contributed by atoms with Gasteiger partial charge in [-0.2, -0.15) is 21.6 Å². The number of methoxy groups -OCH3 is 1. The van der Waals surface area contributed by atoms with Crippen molar-refractivity contribution in [3.05, 3.63) is 54.1 Å². The Morgan fingerprint density at radius 3 is 2.33 bits per heavy atom. The highest BCUT2D eigenvalue weighted by Gasteiger charge is 2.48. The third-order valence-corrected chi connectivity index (χ3v) is 7.02. The Balaban J connectivity index is 1.62. The zero-order chi connectivity index (χ0) is 31.8. The first kappa shape index (κ1) is 33.9. The van der Waals surface area contributed by atoms with Gasteiger partial charge >= 0.3 is 21.7 Å². The zero-order valence-electron chi connectivity index (χ0n) is 24.3. The highest BCUT2D eigenvalue weighted by atomic mass is 32.2. The standard InChI is InChI=1S/C28H35F3N2O9S/c1-27(2,3)42-26(35)32-16-22(19-41-43(36,37)28(29,30)31)33(25(34)17-32)21-10-12-23(13-11-21)40-15-7-14-39-18-20-8-5-6-9-24(20)38-4/h5-6,8-13,22H,7,14-19H2,1-4H3/t22-/m1/s1. The number of carbonyl (C=O) groups excluding carboxylic acids is 2. The quantitative estimate of drug-likeness (QED) is 0.189. The molecule has 0 bridgehead atoms. The summed E-state index contributed by atoms with van der Waals surface area (Å²) in [5.41, 5.74) is -5.39. The van der Waals surface area contributed by atoms with E-state index in [0.29, 0.717) is 32.0 Å². The largest absolute Gasteiger partial charge is 0.523 e. The molecule has 43 heavy (non-hydrogen) atoms. The Morgan fingerprint density at radius 2 is 1.70 bits per heavy atom. The van der Waals surface area contributed by atoms with Crippen LogP contribution in [0.15, 0.2) is 48.5 Å². The lowest BCUT2D eigenvalue weighted by atomic mass is 10.1. The van der Waals surface area contributed by atoms with Crippen LogP contribution < -0.4 is 14.4 Å². The molecule has 1 aliphatic rings. The Hall–Kier alpha value is -3.56. The number of para-hydroxylation sites is 1. The number of nitrogens with zero attached hydrogens (tertiary/aromatic N) is 2. The van der Waals surface area contributed by atoms with E-state index in [0.717, 1.165) is 21.1 Å². The molecule has 2 amide bonds. The van der Waals surface area contributed by atoms with Crippen LogP contribution >= 0.6 is 0 Å². The van der Waals surface area contributed by atoms with Crippen LogP contribution in [0.3, 0.4) is 0 Å². The van der Waals surface area contributed by atoms with Gasteiger partial charge in [-0.1, -0.05) is 18.2 Å². The van der Waals surface area contributed by atoms with E-state index in [1.54, 1.807) is 40.0 Å². The van der Waals surface area contributed by atoms with Crippen molar-refractivity contribution in [3.63, 3.8) is 0 Å². The number of alkyl halides is 3. The van der Waals surface area contributed by atoms with Crippen LogP contribution in [0.1, 0.15) is 32.8 Å². The number of halogens is 3. The lowest BCUT2D eigenvalue weighted by molar-refractivity contribution is -0.122. The Morgan fingerprint density at radius 1 is 1.02 bits per heavy atom. The van der Waals surface area contributed by atoms with Crippen LogP contribution in [-0.2, 0) is 35.2 Å². The molecular weight excluding hydrogens is 597 g/mol. The van der Waals surface area contributed by atoms with Crippen LogP contribution in [0.25, 0.3) is 0 Å². The van der Waals surface area contributed by atoms with E-state index in [-0.39, 0.29) is 12.2 Å². The first-order chi connectivity index (χ1) is 20.1. The van der Waals surface area contributed by atoms with E-state index in [4.69, 9.17) is 18.9 Å². The molecule has 11 nitrogen and oxygen atoms in total. The fraction of sp³-hybridized carbons (Fsp3) is 0.500. The molecule has 238 valence electrons. The number of rotatable bonds is 12. The maximum absolute atomic E-state index is 13.1. The van der Waals surface area contributed by atoms with Gasteiger partial charge in [-0.05, 0) is 51.1 Å². The summed E-state index contributed by atoms with van der Waals surface area (Å²) < 4.78 is 88.0. The number of benzene rings is 2. The number of anilines is 1. The van der Waals surface area contributed by atoms with Gasteiger partial charge in [0.05, 0.1) is 39.6 Å². The molecule has 3 rings (SSSR count). The molecule has 0 spiro atoms. The summed E-state index contributed by atoms with van der Waals surface area (Å²) in [5.74, 6) is 0.524. The number of hydrogen-bond acceptors (Lipinski definition) is 9. The molecular formula is C28H35F3N2O9S. The molecule has 1 atom stereocenters. The SMILES string of the molecule is COc1ccccc1COCCCOc1ccc(N2C(=O)CN(C(=O)OC(C)(C)C)C[C@@H]2COS(=O)(=O)C(F)(F)F)cc1. The van der Waals surface area contributed by atoms with Gasteiger partial charge in [0.2, 0.25) is 5.91 Å².